The molecule has 2 aliphatic heterocycles. The standard InChI is InChI=1S/C6H11NO2.C6H13NO/c8-6(9)7-4-2-1-3-5-7;8-5-6-1-3-7-4-2-6/h1-5H2,(H,8,9);6-8H,1-5H2. The van der Waals surface area contributed by atoms with Crippen LogP contribution in [0.4, 0.5) is 4.79 Å². The molecule has 0 unspecified atom stereocenters. The number of aliphatic hydroxyl groups is 1. The van der Waals surface area contributed by atoms with Crippen LogP contribution in [0.1, 0.15) is 32.1 Å². The highest BCUT2D eigenvalue weighted by molar-refractivity contribution is 5.64. The molecule has 0 spiro atoms. The van der Waals surface area contributed by atoms with Gasteiger partial charge in [0.2, 0.25) is 0 Å². The number of carbonyl (C=O) groups is 1. The SMILES string of the molecule is O=C(O)N1CCCCC1.OCC1CCNCC1. The Kier molecular flexibility index (Phi) is 6.96. The normalized spacial score (nSPS) is 21.6. The van der Waals surface area contributed by atoms with Crippen LogP contribution in [0.3, 0.4) is 0 Å². The molecule has 2 aliphatic rings. The minimum Gasteiger partial charge on any atom is -0.465 e. The highest BCUT2D eigenvalue weighted by Gasteiger charge is 2.13. The number of hydrogen-bond acceptors (Lipinski definition) is 3. The van der Waals surface area contributed by atoms with Gasteiger partial charge < -0.3 is 20.4 Å². The zero-order valence-corrected chi connectivity index (χ0v) is 10.4. The van der Waals surface area contributed by atoms with E-state index >= 15 is 0 Å². The van der Waals surface area contributed by atoms with E-state index in [1.807, 2.05) is 0 Å². The number of aliphatic hydroxyl groups excluding tert-OH is 1. The largest absolute Gasteiger partial charge is 0.465 e. The average Bonchev–Trinajstić information content (AvgIpc) is 2.41. The number of likely N-dealkylation sites (tertiary alicyclic amines) is 1. The minimum atomic E-state index is -0.769. The van der Waals surface area contributed by atoms with Gasteiger partial charge in [0.15, 0.2) is 0 Å². The summed E-state index contributed by atoms with van der Waals surface area (Å²) in [7, 11) is 0. The Hall–Kier alpha value is -0.810. The Morgan fingerprint density at radius 3 is 2.12 bits per heavy atom. The van der Waals surface area contributed by atoms with Crippen molar-refractivity contribution >= 4 is 6.09 Å². The summed E-state index contributed by atoms with van der Waals surface area (Å²) in [4.78, 5) is 11.8. The molecule has 0 radical (unpaired) electrons. The van der Waals surface area contributed by atoms with Crippen molar-refractivity contribution in [3.05, 3.63) is 0 Å². The fraction of sp³-hybridized carbons (Fsp3) is 0.917. The van der Waals surface area contributed by atoms with Crippen LogP contribution in [-0.4, -0.2) is 54.0 Å². The lowest BCUT2D eigenvalue weighted by atomic mass is 10.00. The van der Waals surface area contributed by atoms with Crippen molar-refractivity contribution in [1.82, 2.24) is 10.2 Å². The Labute approximate surface area is 103 Å². The maximum absolute atomic E-state index is 10.3. The van der Waals surface area contributed by atoms with Crippen molar-refractivity contribution in [1.29, 1.82) is 0 Å². The molecule has 2 rings (SSSR count). The van der Waals surface area contributed by atoms with Crippen molar-refractivity contribution in [2.75, 3.05) is 32.8 Å². The lowest BCUT2D eigenvalue weighted by Gasteiger charge is -2.22. The molecule has 100 valence electrons. The molecule has 5 nitrogen and oxygen atoms in total. The molecule has 0 atom stereocenters. The summed E-state index contributed by atoms with van der Waals surface area (Å²) in [5.41, 5.74) is 0. The number of carboxylic acid groups (broad SMARTS) is 1. The lowest BCUT2D eigenvalue weighted by molar-refractivity contribution is 0.136. The maximum Gasteiger partial charge on any atom is 0.407 e. The Morgan fingerprint density at radius 2 is 1.76 bits per heavy atom. The first-order chi connectivity index (χ1) is 8.24. The third kappa shape index (κ3) is 5.89. The summed E-state index contributed by atoms with van der Waals surface area (Å²) < 4.78 is 0. The van der Waals surface area contributed by atoms with Crippen molar-refractivity contribution in [2.45, 2.75) is 32.1 Å². The van der Waals surface area contributed by atoms with Crippen LogP contribution in [0, 0.1) is 5.92 Å². The van der Waals surface area contributed by atoms with Gasteiger partial charge in [-0.1, -0.05) is 0 Å². The van der Waals surface area contributed by atoms with Gasteiger partial charge >= 0.3 is 6.09 Å². The molecule has 17 heavy (non-hydrogen) atoms. The van der Waals surface area contributed by atoms with Crippen molar-refractivity contribution < 1.29 is 15.0 Å². The molecule has 5 heteroatoms. The van der Waals surface area contributed by atoms with Gasteiger partial charge in [-0.05, 0) is 51.1 Å². The number of hydrogen-bond donors (Lipinski definition) is 3. The van der Waals surface area contributed by atoms with Crippen molar-refractivity contribution in [2.24, 2.45) is 5.92 Å². The van der Waals surface area contributed by atoms with Gasteiger partial charge in [-0.25, -0.2) is 4.79 Å². The van der Waals surface area contributed by atoms with E-state index in [4.69, 9.17) is 10.2 Å². The van der Waals surface area contributed by atoms with Gasteiger partial charge in [0.25, 0.3) is 0 Å². The highest BCUT2D eigenvalue weighted by Crippen LogP contribution is 2.09. The summed E-state index contributed by atoms with van der Waals surface area (Å²) in [6, 6.07) is 0. The maximum atomic E-state index is 10.3. The molecule has 2 heterocycles. The second-order valence-corrected chi connectivity index (χ2v) is 4.71. The average molecular weight is 244 g/mol. The van der Waals surface area contributed by atoms with Crippen LogP contribution in [0.2, 0.25) is 0 Å². The van der Waals surface area contributed by atoms with Crippen LogP contribution in [0.5, 0.6) is 0 Å². The summed E-state index contributed by atoms with van der Waals surface area (Å²) in [5, 5.41) is 20.4. The number of rotatable bonds is 1. The van der Waals surface area contributed by atoms with Crippen molar-refractivity contribution in [3.63, 3.8) is 0 Å². The van der Waals surface area contributed by atoms with E-state index < -0.39 is 6.09 Å². The molecule has 0 saturated carbocycles. The van der Waals surface area contributed by atoms with Gasteiger partial charge in [0.1, 0.15) is 0 Å². The van der Waals surface area contributed by atoms with E-state index in [1.165, 1.54) is 11.3 Å². The third-order valence-corrected chi connectivity index (χ3v) is 3.34. The molecule has 0 aromatic carbocycles. The number of amides is 1. The molecule has 0 aromatic heterocycles. The quantitative estimate of drug-likeness (QED) is 0.646. The predicted octanol–water partition coefficient (Wildman–Crippen LogP) is 1.13. The first kappa shape index (κ1) is 14.3. The second-order valence-electron chi connectivity index (χ2n) is 4.71. The molecule has 1 amide bonds. The zero-order chi connectivity index (χ0) is 12.5. The predicted molar refractivity (Wildman–Crippen MR) is 66.1 cm³/mol. The summed E-state index contributed by atoms with van der Waals surface area (Å²) in [5.74, 6) is 0.580. The van der Waals surface area contributed by atoms with Crippen LogP contribution in [0.25, 0.3) is 0 Å². The molecule has 2 fully saturated rings. The molecule has 2 saturated heterocycles. The third-order valence-electron chi connectivity index (χ3n) is 3.34. The van der Waals surface area contributed by atoms with Crippen LogP contribution < -0.4 is 5.32 Å². The highest BCUT2D eigenvalue weighted by atomic mass is 16.4. The van der Waals surface area contributed by atoms with Gasteiger partial charge in [-0.3, -0.25) is 0 Å². The Balaban J connectivity index is 0.000000171. The second kappa shape index (κ2) is 8.31. The zero-order valence-electron chi connectivity index (χ0n) is 10.4. The van der Waals surface area contributed by atoms with Gasteiger partial charge in [0.05, 0.1) is 0 Å². The fourth-order valence-electron chi connectivity index (χ4n) is 2.15. The summed E-state index contributed by atoms with van der Waals surface area (Å²) in [6.07, 6.45) is 4.78. The van der Waals surface area contributed by atoms with Gasteiger partial charge in [-0.15, -0.1) is 0 Å². The van der Waals surface area contributed by atoms with Crippen LogP contribution in [-0.2, 0) is 0 Å². The minimum absolute atomic E-state index is 0.377. The van der Waals surface area contributed by atoms with Crippen LogP contribution >= 0.6 is 0 Å². The Morgan fingerprint density at radius 1 is 1.18 bits per heavy atom. The van der Waals surface area contributed by atoms with E-state index in [0.717, 1.165) is 51.9 Å². The molecule has 0 aliphatic carbocycles. The van der Waals surface area contributed by atoms with Gasteiger partial charge in [0, 0.05) is 19.7 Å². The van der Waals surface area contributed by atoms with E-state index in [1.54, 1.807) is 0 Å². The van der Waals surface area contributed by atoms with Crippen LogP contribution in [0.15, 0.2) is 0 Å². The number of piperidine rings is 2. The first-order valence-electron chi connectivity index (χ1n) is 6.53. The lowest BCUT2D eigenvalue weighted by Crippen LogP contribution is -2.34. The Bertz CT molecular complexity index is 212. The molecular weight excluding hydrogens is 220 g/mol. The van der Waals surface area contributed by atoms with E-state index in [2.05, 4.69) is 5.32 Å². The van der Waals surface area contributed by atoms with E-state index in [9.17, 15) is 4.79 Å². The molecule has 0 bridgehead atoms. The fourth-order valence-corrected chi connectivity index (χ4v) is 2.15. The molecular formula is C12H24N2O3. The summed E-state index contributed by atoms with van der Waals surface area (Å²) >= 11 is 0. The van der Waals surface area contributed by atoms with E-state index in [0.29, 0.717) is 12.5 Å². The molecule has 0 aromatic rings. The number of nitrogens with zero attached hydrogens (tertiary/aromatic N) is 1. The smallest absolute Gasteiger partial charge is 0.407 e. The molecule has 3 N–H and O–H groups in total. The topological polar surface area (TPSA) is 72.8 Å². The first-order valence-corrected chi connectivity index (χ1v) is 6.53. The van der Waals surface area contributed by atoms with Gasteiger partial charge in [-0.2, -0.15) is 0 Å². The number of nitrogens with one attached hydrogen (secondary N) is 1. The summed E-state index contributed by atoms with van der Waals surface area (Å²) in [6.45, 7) is 4.02. The monoisotopic (exact) mass is 244 g/mol. The van der Waals surface area contributed by atoms with E-state index in [-0.39, 0.29) is 0 Å². The van der Waals surface area contributed by atoms with Crippen molar-refractivity contribution in [3.8, 4) is 0 Å².